The molecule has 0 bridgehead atoms. The van der Waals surface area contributed by atoms with Crippen LogP contribution >= 0.6 is 0 Å². The highest BCUT2D eigenvalue weighted by molar-refractivity contribution is 5.81. The molecule has 0 spiro atoms. The van der Waals surface area contributed by atoms with Crippen LogP contribution in [0.4, 0.5) is 0 Å². The van der Waals surface area contributed by atoms with E-state index < -0.39 is 0 Å². The van der Waals surface area contributed by atoms with Gasteiger partial charge in [-0.2, -0.15) is 0 Å². The van der Waals surface area contributed by atoms with Crippen LogP contribution < -0.4 is 10.6 Å². The summed E-state index contributed by atoms with van der Waals surface area (Å²) in [6, 6.07) is 11.4. The molecule has 3 rings (SSSR count). The van der Waals surface area contributed by atoms with Gasteiger partial charge in [0.25, 0.3) is 0 Å². The predicted molar refractivity (Wildman–Crippen MR) is 107 cm³/mol. The van der Waals surface area contributed by atoms with Gasteiger partial charge in [-0.3, -0.25) is 9.59 Å². The summed E-state index contributed by atoms with van der Waals surface area (Å²) in [4.78, 5) is 28.7. The zero-order chi connectivity index (χ0) is 19.8. The number of nitrogens with one attached hydrogen (secondary N) is 2. The second kappa shape index (κ2) is 9.73. The Balaban J connectivity index is 1.63. The monoisotopic (exact) mass is 382 g/mol. The summed E-state index contributed by atoms with van der Waals surface area (Å²) in [5.41, 5.74) is 1.80. The van der Waals surface area contributed by atoms with Crippen LogP contribution in [-0.2, 0) is 29.1 Å². The second-order valence-electron chi connectivity index (χ2n) is 6.66. The second-order valence-corrected chi connectivity index (χ2v) is 6.66. The molecule has 0 saturated heterocycles. The van der Waals surface area contributed by atoms with Gasteiger partial charge in [-0.25, -0.2) is 4.98 Å². The zero-order valence-electron chi connectivity index (χ0n) is 16.1. The van der Waals surface area contributed by atoms with E-state index >= 15 is 0 Å². The topological polar surface area (TPSA) is 89.2 Å². The predicted octanol–water partition coefficient (Wildman–Crippen LogP) is 2.79. The van der Waals surface area contributed by atoms with Crippen LogP contribution in [0.25, 0.3) is 11.0 Å². The molecule has 0 radical (unpaired) electrons. The summed E-state index contributed by atoms with van der Waals surface area (Å²) in [5.74, 6) is 1.54. The number of benzene rings is 1. The van der Waals surface area contributed by atoms with E-state index in [9.17, 15) is 9.59 Å². The van der Waals surface area contributed by atoms with Crippen LogP contribution in [0.5, 0.6) is 0 Å². The Morgan fingerprint density at radius 2 is 1.96 bits per heavy atom. The minimum atomic E-state index is -0.1000. The molecule has 0 saturated carbocycles. The molecule has 28 heavy (non-hydrogen) atoms. The van der Waals surface area contributed by atoms with Gasteiger partial charge in [0.1, 0.15) is 18.1 Å². The number of hydrogen-bond donors (Lipinski definition) is 2. The van der Waals surface area contributed by atoms with Gasteiger partial charge in [0, 0.05) is 19.4 Å². The molecular weight excluding hydrogens is 356 g/mol. The van der Waals surface area contributed by atoms with E-state index in [1.165, 1.54) is 0 Å². The number of aryl methyl sites for hydroxylation is 1. The van der Waals surface area contributed by atoms with Crippen LogP contribution in [0, 0.1) is 0 Å². The fourth-order valence-corrected chi connectivity index (χ4v) is 3.08. The van der Waals surface area contributed by atoms with Crippen molar-refractivity contribution in [3.8, 4) is 0 Å². The normalized spacial score (nSPS) is 10.9. The van der Waals surface area contributed by atoms with Crippen molar-refractivity contribution in [2.75, 3.05) is 6.54 Å². The highest BCUT2D eigenvalue weighted by Gasteiger charge is 2.13. The summed E-state index contributed by atoms with van der Waals surface area (Å²) in [7, 11) is 0. The standard InChI is InChI=1S/C21H26N4O3/c1-2-7-20(26)22-12-5-11-19-24-17-9-3-4-10-18(17)25(19)15-21(27)23-14-16-8-6-13-28-16/h3-4,6,8-10,13H,2,5,7,11-12,14-15H2,1H3,(H,22,26)(H,23,27). The van der Waals surface area contributed by atoms with E-state index in [4.69, 9.17) is 4.42 Å². The highest BCUT2D eigenvalue weighted by Crippen LogP contribution is 2.17. The van der Waals surface area contributed by atoms with E-state index in [0.717, 1.165) is 29.7 Å². The largest absolute Gasteiger partial charge is 0.467 e. The molecule has 0 aliphatic carbocycles. The molecule has 3 aromatic rings. The third kappa shape index (κ3) is 5.22. The molecule has 7 nitrogen and oxygen atoms in total. The van der Waals surface area contributed by atoms with Gasteiger partial charge >= 0.3 is 0 Å². The van der Waals surface area contributed by atoms with E-state index in [1.54, 1.807) is 12.3 Å². The molecule has 2 aromatic heterocycles. The number of para-hydroxylation sites is 2. The molecule has 0 fully saturated rings. The number of furan rings is 1. The summed E-state index contributed by atoms with van der Waals surface area (Å²) in [6.45, 7) is 3.14. The first-order chi connectivity index (χ1) is 13.7. The Kier molecular flexibility index (Phi) is 6.84. The molecule has 2 amide bonds. The number of aromatic nitrogens is 2. The minimum absolute atomic E-state index is 0.0771. The number of carbonyl (C=O) groups is 2. The molecule has 0 aliphatic heterocycles. The average Bonchev–Trinajstić information content (AvgIpc) is 3.32. The van der Waals surface area contributed by atoms with Gasteiger partial charge in [-0.05, 0) is 37.1 Å². The minimum Gasteiger partial charge on any atom is -0.467 e. The molecule has 1 aromatic carbocycles. The van der Waals surface area contributed by atoms with Gasteiger partial charge in [0.05, 0.1) is 23.8 Å². The third-order valence-electron chi connectivity index (χ3n) is 4.45. The fraction of sp³-hybridized carbons (Fsp3) is 0.381. The number of amides is 2. The zero-order valence-corrected chi connectivity index (χ0v) is 16.1. The van der Waals surface area contributed by atoms with E-state index in [1.807, 2.05) is 41.8 Å². The van der Waals surface area contributed by atoms with Gasteiger partial charge in [-0.1, -0.05) is 19.1 Å². The molecule has 0 unspecified atom stereocenters. The summed E-state index contributed by atoms with van der Waals surface area (Å²) in [6.07, 6.45) is 4.44. The molecule has 2 N–H and O–H groups in total. The van der Waals surface area contributed by atoms with Crippen molar-refractivity contribution in [1.82, 2.24) is 20.2 Å². The summed E-state index contributed by atoms with van der Waals surface area (Å²) < 4.78 is 7.19. The van der Waals surface area contributed by atoms with Crippen molar-refractivity contribution in [2.24, 2.45) is 0 Å². The van der Waals surface area contributed by atoms with Gasteiger partial charge in [0.2, 0.25) is 11.8 Å². The maximum absolute atomic E-state index is 12.4. The lowest BCUT2D eigenvalue weighted by Gasteiger charge is -2.10. The van der Waals surface area contributed by atoms with Crippen LogP contribution in [0.3, 0.4) is 0 Å². The van der Waals surface area contributed by atoms with Gasteiger partial charge < -0.3 is 19.6 Å². The number of imidazole rings is 1. The Labute approximate surface area is 164 Å². The number of hydrogen-bond acceptors (Lipinski definition) is 4. The van der Waals surface area contributed by atoms with Crippen LogP contribution in [-0.4, -0.2) is 27.9 Å². The molecule has 2 heterocycles. The Morgan fingerprint density at radius 3 is 2.75 bits per heavy atom. The Morgan fingerprint density at radius 1 is 1.11 bits per heavy atom. The van der Waals surface area contributed by atoms with Crippen LogP contribution in [0.2, 0.25) is 0 Å². The quantitative estimate of drug-likeness (QED) is 0.528. The SMILES string of the molecule is CCCC(=O)NCCCc1nc2ccccc2n1CC(=O)NCc1ccco1. The van der Waals surface area contributed by atoms with Crippen molar-refractivity contribution in [3.63, 3.8) is 0 Å². The number of nitrogens with zero attached hydrogens (tertiary/aromatic N) is 2. The van der Waals surface area contributed by atoms with Crippen molar-refractivity contribution >= 4 is 22.8 Å². The fourth-order valence-electron chi connectivity index (χ4n) is 3.08. The van der Waals surface area contributed by atoms with E-state index in [-0.39, 0.29) is 18.4 Å². The lowest BCUT2D eigenvalue weighted by Crippen LogP contribution is -2.28. The van der Waals surface area contributed by atoms with E-state index in [2.05, 4.69) is 15.6 Å². The molecule has 7 heteroatoms. The maximum Gasteiger partial charge on any atom is 0.240 e. The molecular formula is C21H26N4O3. The first kappa shape index (κ1) is 19.7. The van der Waals surface area contributed by atoms with Gasteiger partial charge in [0.15, 0.2) is 0 Å². The van der Waals surface area contributed by atoms with E-state index in [0.29, 0.717) is 31.7 Å². The maximum atomic E-state index is 12.4. The average molecular weight is 382 g/mol. The molecule has 0 aliphatic rings. The van der Waals surface area contributed by atoms with Crippen LogP contribution in [0.1, 0.15) is 37.8 Å². The van der Waals surface area contributed by atoms with Crippen molar-refractivity contribution in [1.29, 1.82) is 0 Å². The molecule has 148 valence electrons. The van der Waals surface area contributed by atoms with Crippen LogP contribution in [0.15, 0.2) is 47.1 Å². The Hall–Kier alpha value is -3.09. The summed E-state index contributed by atoms with van der Waals surface area (Å²) >= 11 is 0. The first-order valence-corrected chi connectivity index (χ1v) is 9.67. The number of rotatable bonds is 10. The lowest BCUT2D eigenvalue weighted by atomic mass is 10.2. The highest BCUT2D eigenvalue weighted by atomic mass is 16.3. The van der Waals surface area contributed by atoms with Crippen molar-refractivity contribution in [3.05, 3.63) is 54.2 Å². The van der Waals surface area contributed by atoms with Crippen molar-refractivity contribution < 1.29 is 14.0 Å². The first-order valence-electron chi connectivity index (χ1n) is 9.67. The van der Waals surface area contributed by atoms with Gasteiger partial charge in [-0.15, -0.1) is 0 Å². The smallest absolute Gasteiger partial charge is 0.240 e. The number of carbonyl (C=O) groups excluding carboxylic acids is 2. The lowest BCUT2D eigenvalue weighted by molar-refractivity contribution is -0.122. The summed E-state index contributed by atoms with van der Waals surface area (Å²) in [5, 5.41) is 5.79. The Bertz CT molecular complexity index is 915. The number of fused-ring (bicyclic) bond motifs is 1. The van der Waals surface area contributed by atoms with Crippen molar-refractivity contribution in [2.45, 2.75) is 45.7 Å². The molecule has 0 atom stereocenters. The third-order valence-corrected chi connectivity index (χ3v) is 4.45.